The van der Waals surface area contributed by atoms with Crippen molar-refractivity contribution in [3.05, 3.63) is 77.6 Å². The predicted molar refractivity (Wildman–Crippen MR) is 130 cm³/mol. The number of ether oxygens (including phenoxy) is 2. The quantitative estimate of drug-likeness (QED) is 0.309. The highest BCUT2D eigenvalue weighted by molar-refractivity contribution is 9.09. The van der Waals surface area contributed by atoms with Gasteiger partial charge in [-0.05, 0) is 61.7 Å². The van der Waals surface area contributed by atoms with Gasteiger partial charge in [-0.3, -0.25) is 0 Å². The van der Waals surface area contributed by atoms with Crippen molar-refractivity contribution in [2.75, 3.05) is 11.9 Å². The van der Waals surface area contributed by atoms with Crippen LogP contribution in [-0.2, 0) is 17.9 Å². The summed E-state index contributed by atoms with van der Waals surface area (Å²) in [7, 11) is 0. The van der Waals surface area contributed by atoms with E-state index < -0.39 is 5.60 Å². The van der Waals surface area contributed by atoms with Gasteiger partial charge in [0.15, 0.2) is 0 Å². The molecule has 3 aromatic carbocycles. The Morgan fingerprint density at radius 1 is 1.03 bits per heavy atom. The lowest BCUT2D eigenvalue weighted by molar-refractivity contribution is 0.0234. The molecule has 0 radical (unpaired) electrons. The maximum atomic E-state index is 13.2. The fourth-order valence-electron chi connectivity index (χ4n) is 3.36. The number of nitrogens with zero attached hydrogens (tertiary/aromatic N) is 1. The average molecular weight is 502 g/mol. The maximum absolute atomic E-state index is 13.2. The van der Waals surface area contributed by atoms with Gasteiger partial charge >= 0.3 is 6.09 Å². The van der Waals surface area contributed by atoms with Gasteiger partial charge in [0.2, 0.25) is 0 Å². The van der Waals surface area contributed by atoms with E-state index in [9.17, 15) is 9.18 Å². The van der Waals surface area contributed by atoms with Crippen molar-refractivity contribution >= 4 is 32.8 Å². The van der Waals surface area contributed by atoms with Crippen LogP contribution >= 0.6 is 15.9 Å². The molecule has 3 rings (SSSR count). The average Bonchev–Trinajstić information content (AvgIpc) is 2.75. The van der Waals surface area contributed by atoms with Gasteiger partial charge in [0, 0.05) is 17.4 Å². The minimum absolute atomic E-state index is 0.278. The van der Waals surface area contributed by atoms with E-state index in [1.54, 1.807) is 17.0 Å². The Labute approximate surface area is 197 Å². The van der Waals surface area contributed by atoms with Crippen LogP contribution in [0.3, 0.4) is 0 Å². The topological polar surface area (TPSA) is 38.8 Å². The smallest absolute Gasteiger partial charge is 0.410 e. The zero-order valence-electron chi connectivity index (χ0n) is 18.7. The monoisotopic (exact) mass is 501 g/mol. The van der Waals surface area contributed by atoms with E-state index in [0.717, 1.165) is 33.7 Å². The first-order valence-electron chi connectivity index (χ1n) is 10.7. The molecule has 0 heterocycles. The van der Waals surface area contributed by atoms with Gasteiger partial charge in [-0.15, -0.1) is 0 Å². The first kappa shape index (κ1) is 24.1. The van der Waals surface area contributed by atoms with Gasteiger partial charge in [0.1, 0.15) is 23.8 Å². The Hall–Kier alpha value is -2.60. The van der Waals surface area contributed by atoms with Crippen molar-refractivity contribution in [1.29, 1.82) is 0 Å². The molecule has 0 fully saturated rings. The van der Waals surface area contributed by atoms with E-state index in [1.807, 2.05) is 57.2 Å². The third-order valence-electron chi connectivity index (χ3n) is 4.87. The summed E-state index contributed by atoms with van der Waals surface area (Å²) < 4.78 is 25.0. The number of amides is 1. The summed E-state index contributed by atoms with van der Waals surface area (Å²) in [6, 6.07) is 18.2. The molecule has 32 heavy (non-hydrogen) atoms. The van der Waals surface area contributed by atoms with Crippen LogP contribution in [0.15, 0.2) is 60.7 Å². The highest BCUT2D eigenvalue weighted by atomic mass is 79.9. The molecule has 0 aromatic heterocycles. The second-order valence-electron chi connectivity index (χ2n) is 8.62. The Morgan fingerprint density at radius 2 is 1.75 bits per heavy atom. The molecule has 0 atom stereocenters. The van der Waals surface area contributed by atoms with Gasteiger partial charge in [0.05, 0.1) is 6.54 Å². The van der Waals surface area contributed by atoms with Gasteiger partial charge in [-0.1, -0.05) is 58.4 Å². The van der Waals surface area contributed by atoms with E-state index in [4.69, 9.17) is 9.47 Å². The molecule has 0 saturated carbocycles. The summed E-state index contributed by atoms with van der Waals surface area (Å²) >= 11 is 3.45. The SMILES string of the molecule is CC(C)(C)OC(=O)N(CCCBr)Cc1c(OCc2ccc(F)cc2)ccc2ccccc12. The number of carbonyl (C=O) groups excluding carboxylic acids is 1. The van der Waals surface area contributed by atoms with Crippen molar-refractivity contribution in [2.45, 2.75) is 45.9 Å². The van der Waals surface area contributed by atoms with Crippen LogP contribution in [0.25, 0.3) is 10.8 Å². The zero-order valence-corrected chi connectivity index (χ0v) is 20.3. The molecule has 6 heteroatoms. The van der Waals surface area contributed by atoms with Gasteiger partial charge in [-0.25, -0.2) is 9.18 Å². The number of fused-ring (bicyclic) bond motifs is 1. The number of halogens is 2. The third kappa shape index (κ3) is 6.70. The van der Waals surface area contributed by atoms with Crippen molar-refractivity contribution < 1.29 is 18.7 Å². The third-order valence-corrected chi connectivity index (χ3v) is 5.43. The van der Waals surface area contributed by atoms with E-state index in [-0.39, 0.29) is 11.9 Å². The van der Waals surface area contributed by atoms with E-state index in [2.05, 4.69) is 15.9 Å². The van der Waals surface area contributed by atoms with Crippen LogP contribution in [0.5, 0.6) is 5.75 Å². The highest BCUT2D eigenvalue weighted by Crippen LogP contribution is 2.31. The zero-order chi connectivity index (χ0) is 23.1. The number of rotatable bonds is 8. The molecule has 0 aliphatic heterocycles. The molecule has 0 aliphatic carbocycles. The highest BCUT2D eigenvalue weighted by Gasteiger charge is 2.24. The number of alkyl halides is 1. The fraction of sp³-hybridized carbons (Fsp3) is 0.346. The molecule has 0 N–H and O–H groups in total. The van der Waals surface area contributed by atoms with Crippen molar-refractivity contribution in [2.24, 2.45) is 0 Å². The molecule has 3 aromatic rings. The largest absolute Gasteiger partial charge is 0.489 e. The Bertz CT molecular complexity index is 1050. The van der Waals surface area contributed by atoms with Crippen LogP contribution < -0.4 is 4.74 Å². The minimum Gasteiger partial charge on any atom is -0.489 e. The van der Waals surface area contributed by atoms with Gasteiger partial charge in [-0.2, -0.15) is 0 Å². The number of hydrogen-bond donors (Lipinski definition) is 0. The molecule has 1 amide bonds. The van der Waals surface area contributed by atoms with E-state index in [1.165, 1.54) is 12.1 Å². The van der Waals surface area contributed by atoms with E-state index in [0.29, 0.717) is 25.4 Å². The minimum atomic E-state index is -0.579. The summed E-state index contributed by atoms with van der Waals surface area (Å²) in [5.74, 6) is 0.417. The van der Waals surface area contributed by atoms with Crippen molar-refractivity contribution in [3.8, 4) is 5.75 Å². The number of benzene rings is 3. The molecule has 0 spiro atoms. The molecule has 4 nitrogen and oxygen atoms in total. The van der Waals surface area contributed by atoms with Crippen molar-refractivity contribution in [3.63, 3.8) is 0 Å². The lowest BCUT2D eigenvalue weighted by Gasteiger charge is -2.28. The second-order valence-corrected chi connectivity index (χ2v) is 9.42. The first-order valence-corrected chi connectivity index (χ1v) is 11.8. The molecule has 0 bridgehead atoms. The normalized spacial score (nSPS) is 11.4. The summed E-state index contributed by atoms with van der Waals surface area (Å²) in [6.07, 6.45) is 0.450. The summed E-state index contributed by atoms with van der Waals surface area (Å²) in [4.78, 5) is 14.7. The molecular weight excluding hydrogens is 473 g/mol. The Morgan fingerprint density at radius 3 is 2.44 bits per heavy atom. The van der Waals surface area contributed by atoms with Crippen LogP contribution in [0.2, 0.25) is 0 Å². The Balaban J connectivity index is 1.92. The fourth-order valence-corrected chi connectivity index (χ4v) is 3.61. The number of hydrogen-bond acceptors (Lipinski definition) is 3. The van der Waals surface area contributed by atoms with Crippen LogP contribution in [0.4, 0.5) is 9.18 Å². The lowest BCUT2D eigenvalue weighted by Crippen LogP contribution is -2.37. The maximum Gasteiger partial charge on any atom is 0.410 e. The van der Waals surface area contributed by atoms with E-state index >= 15 is 0 Å². The molecule has 0 saturated heterocycles. The first-order chi connectivity index (χ1) is 15.3. The Kier molecular flexibility index (Phi) is 8.13. The summed E-state index contributed by atoms with van der Waals surface area (Å²) in [5, 5.41) is 2.88. The molecule has 0 unspecified atom stereocenters. The summed E-state index contributed by atoms with van der Waals surface area (Å²) in [5.41, 5.74) is 1.21. The predicted octanol–water partition coefficient (Wildman–Crippen LogP) is 7.08. The molecule has 0 aliphatic rings. The van der Waals surface area contributed by atoms with Crippen molar-refractivity contribution in [1.82, 2.24) is 4.90 Å². The van der Waals surface area contributed by atoms with Crippen LogP contribution in [0, 0.1) is 5.82 Å². The van der Waals surface area contributed by atoms with Gasteiger partial charge in [0.25, 0.3) is 0 Å². The molecule has 170 valence electrons. The van der Waals surface area contributed by atoms with Crippen LogP contribution in [-0.4, -0.2) is 28.5 Å². The molecular formula is C26H29BrFNO3. The van der Waals surface area contributed by atoms with Gasteiger partial charge < -0.3 is 14.4 Å². The lowest BCUT2D eigenvalue weighted by atomic mass is 10.0. The second kappa shape index (κ2) is 10.8. The number of carbonyl (C=O) groups is 1. The summed E-state index contributed by atoms with van der Waals surface area (Å²) in [6.45, 7) is 6.82. The standard InChI is InChI=1S/C26H29BrFNO3/c1-26(2,3)32-25(30)29(16-6-15-27)17-23-22-8-5-4-7-20(22)11-14-24(23)31-18-19-9-12-21(28)13-10-19/h4-5,7-14H,6,15-18H2,1-3H3. The van der Waals surface area contributed by atoms with Crippen LogP contribution in [0.1, 0.15) is 38.3 Å².